The first kappa shape index (κ1) is 15.1. The largest absolute Gasteiger partial charge is 0.361 e. The number of hydrogen-bond donors (Lipinski definition) is 1. The fourth-order valence-corrected chi connectivity index (χ4v) is 3.98. The van der Waals surface area contributed by atoms with Gasteiger partial charge in [0.1, 0.15) is 11.3 Å². The highest BCUT2D eigenvalue weighted by atomic mass is 16.5. The average Bonchev–Trinajstić information content (AvgIpc) is 2.91. The van der Waals surface area contributed by atoms with Crippen molar-refractivity contribution in [2.45, 2.75) is 59.0 Å². The number of carbonyl (C=O) groups excluding carboxylic acids is 2. The summed E-state index contributed by atoms with van der Waals surface area (Å²) in [5.74, 6) is 0.866. The van der Waals surface area contributed by atoms with Crippen LogP contribution in [0.1, 0.15) is 50.1 Å². The van der Waals surface area contributed by atoms with Crippen LogP contribution in [-0.2, 0) is 11.3 Å². The van der Waals surface area contributed by atoms with Gasteiger partial charge in [0.05, 0.1) is 12.2 Å². The molecule has 1 N–H and O–H groups in total. The molecule has 2 aliphatic rings. The second kappa shape index (κ2) is 5.11. The minimum atomic E-state index is -0.742. The van der Waals surface area contributed by atoms with Crippen LogP contribution in [0.15, 0.2) is 4.52 Å². The Kier molecular flexibility index (Phi) is 3.50. The van der Waals surface area contributed by atoms with E-state index in [0.29, 0.717) is 5.76 Å². The Labute approximate surface area is 130 Å². The fourth-order valence-electron chi connectivity index (χ4n) is 3.98. The second-order valence-corrected chi connectivity index (χ2v) is 6.73. The van der Waals surface area contributed by atoms with Crippen molar-refractivity contribution in [3.05, 3.63) is 17.0 Å². The Morgan fingerprint density at radius 3 is 2.45 bits per heavy atom. The van der Waals surface area contributed by atoms with E-state index in [1.165, 1.54) is 4.90 Å². The number of carbonyl (C=O) groups is 2. The molecule has 120 valence electrons. The molecular formula is C16H23N3O3. The third-order valence-corrected chi connectivity index (χ3v) is 5.48. The highest BCUT2D eigenvalue weighted by Crippen LogP contribution is 2.42. The van der Waals surface area contributed by atoms with Gasteiger partial charge >= 0.3 is 6.03 Å². The molecule has 2 fully saturated rings. The quantitative estimate of drug-likeness (QED) is 0.852. The van der Waals surface area contributed by atoms with E-state index in [2.05, 4.69) is 24.3 Å². The molecule has 22 heavy (non-hydrogen) atoms. The van der Waals surface area contributed by atoms with E-state index < -0.39 is 5.54 Å². The molecule has 0 aromatic carbocycles. The molecule has 0 bridgehead atoms. The van der Waals surface area contributed by atoms with Crippen LogP contribution in [0.4, 0.5) is 4.79 Å². The highest BCUT2D eigenvalue weighted by Gasteiger charge is 2.58. The number of rotatable bonds is 2. The molecule has 1 aliphatic heterocycles. The van der Waals surface area contributed by atoms with Crippen LogP contribution in [0.3, 0.4) is 0 Å². The molecule has 2 atom stereocenters. The summed E-state index contributed by atoms with van der Waals surface area (Å²) in [6.07, 6.45) is 3.04. The zero-order chi connectivity index (χ0) is 16.1. The standard InChI is InChI=1S/C16H23N3O3/c1-9-6-5-7-10(2)16(9)14(20)19(15(21)17-16)8-13-11(3)18-22-12(13)4/h9-10H,5-8H2,1-4H3,(H,17,21)/t9-,10-/m1/s1. The zero-order valence-corrected chi connectivity index (χ0v) is 13.6. The summed E-state index contributed by atoms with van der Waals surface area (Å²) in [5.41, 5.74) is 0.800. The molecule has 0 unspecified atom stereocenters. The van der Waals surface area contributed by atoms with Crippen LogP contribution in [-0.4, -0.2) is 27.5 Å². The number of aromatic nitrogens is 1. The number of nitrogens with one attached hydrogen (secondary N) is 1. The summed E-state index contributed by atoms with van der Waals surface area (Å²) in [6.45, 7) is 7.98. The van der Waals surface area contributed by atoms with E-state index in [-0.39, 0.29) is 30.3 Å². The maximum Gasteiger partial charge on any atom is 0.325 e. The van der Waals surface area contributed by atoms with Gasteiger partial charge in [0.25, 0.3) is 5.91 Å². The first-order chi connectivity index (χ1) is 10.4. The van der Waals surface area contributed by atoms with Gasteiger partial charge in [-0.05, 0) is 38.5 Å². The Morgan fingerprint density at radius 2 is 1.91 bits per heavy atom. The molecule has 2 heterocycles. The lowest BCUT2D eigenvalue weighted by Crippen LogP contribution is -2.58. The Hall–Kier alpha value is -1.85. The van der Waals surface area contributed by atoms with Gasteiger partial charge in [-0.3, -0.25) is 9.69 Å². The minimum Gasteiger partial charge on any atom is -0.361 e. The van der Waals surface area contributed by atoms with Crippen molar-refractivity contribution in [2.75, 3.05) is 0 Å². The molecule has 6 heteroatoms. The van der Waals surface area contributed by atoms with Gasteiger partial charge in [-0.25, -0.2) is 4.79 Å². The fraction of sp³-hybridized carbons (Fsp3) is 0.688. The number of amides is 3. The molecule has 1 spiro atoms. The van der Waals surface area contributed by atoms with Gasteiger partial charge in [-0.1, -0.05) is 25.4 Å². The van der Waals surface area contributed by atoms with Crippen molar-refractivity contribution in [3.8, 4) is 0 Å². The average molecular weight is 305 g/mol. The van der Waals surface area contributed by atoms with Crippen LogP contribution >= 0.6 is 0 Å². The normalized spacial score (nSPS) is 27.5. The van der Waals surface area contributed by atoms with E-state index in [4.69, 9.17) is 4.52 Å². The van der Waals surface area contributed by atoms with E-state index >= 15 is 0 Å². The SMILES string of the molecule is Cc1noc(C)c1CN1C(=O)NC2(C1=O)[C@H](C)CCC[C@H]2C. The van der Waals surface area contributed by atoms with E-state index in [1.54, 1.807) is 6.92 Å². The number of urea groups is 1. The van der Waals surface area contributed by atoms with Crippen LogP contribution in [0.2, 0.25) is 0 Å². The molecule has 1 saturated heterocycles. The molecule has 1 aromatic rings. The number of nitrogens with zero attached hydrogens (tertiary/aromatic N) is 2. The van der Waals surface area contributed by atoms with Gasteiger partial charge in [0.15, 0.2) is 0 Å². The topological polar surface area (TPSA) is 75.4 Å². The predicted octanol–water partition coefficient (Wildman–Crippen LogP) is 2.54. The Morgan fingerprint density at radius 1 is 1.27 bits per heavy atom. The van der Waals surface area contributed by atoms with Crippen LogP contribution < -0.4 is 5.32 Å². The van der Waals surface area contributed by atoms with Crippen LogP contribution in [0, 0.1) is 25.7 Å². The van der Waals surface area contributed by atoms with Crippen molar-refractivity contribution in [1.82, 2.24) is 15.4 Å². The number of imide groups is 1. The van der Waals surface area contributed by atoms with E-state index in [1.807, 2.05) is 6.92 Å². The van der Waals surface area contributed by atoms with Crippen molar-refractivity contribution in [3.63, 3.8) is 0 Å². The van der Waals surface area contributed by atoms with Gasteiger partial charge in [0.2, 0.25) is 0 Å². The second-order valence-electron chi connectivity index (χ2n) is 6.73. The Bertz CT molecular complexity index is 593. The third-order valence-electron chi connectivity index (χ3n) is 5.48. The van der Waals surface area contributed by atoms with Crippen molar-refractivity contribution in [1.29, 1.82) is 0 Å². The molecular weight excluding hydrogens is 282 g/mol. The van der Waals surface area contributed by atoms with Crippen LogP contribution in [0.5, 0.6) is 0 Å². The Balaban J connectivity index is 1.92. The molecule has 3 amide bonds. The summed E-state index contributed by atoms with van der Waals surface area (Å²) in [5, 5.41) is 6.90. The molecule has 1 saturated carbocycles. The molecule has 0 radical (unpaired) electrons. The smallest absolute Gasteiger partial charge is 0.325 e. The molecule has 6 nitrogen and oxygen atoms in total. The summed E-state index contributed by atoms with van der Waals surface area (Å²) in [7, 11) is 0. The number of hydrogen-bond acceptors (Lipinski definition) is 4. The lowest BCUT2D eigenvalue weighted by atomic mass is 9.67. The minimum absolute atomic E-state index is 0.0998. The van der Waals surface area contributed by atoms with Gasteiger partial charge < -0.3 is 9.84 Å². The zero-order valence-electron chi connectivity index (χ0n) is 13.6. The maximum absolute atomic E-state index is 13.1. The van der Waals surface area contributed by atoms with Crippen molar-refractivity contribution < 1.29 is 14.1 Å². The first-order valence-electron chi connectivity index (χ1n) is 7.93. The summed E-state index contributed by atoms with van der Waals surface area (Å²) in [6, 6.07) is -0.300. The molecule has 3 rings (SSSR count). The van der Waals surface area contributed by atoms with Crippen molar-refractivity contribution >= 4 is 11.9 Å². The lowest BCUT2D eigenvalue weighted by Gasteiger charge is -2.42. The summed E-state index contributed by atoms with van der Waals surface area (Å²) < 4.78 is 5.14. The third kappa shape index (κ3) is 1.96. The maximum atomic E-state index is 13.1. The molecule has 1 aromatic heterocycles. The van der Waals surface area contributed by atoms with Gasteiger partial charge in [-0.15, -0.1) is 0 Å². The lowest BCUT2D eigenvalue weighted by molar-refractivity contribution is -0.136. The number of aryl methyl sites for hydroxylation is 2. The summed E-state index contributed by atoms with van der Waals surface area (Å²) >= 11 is 0. The summed E-state index contributed by atoms with van der Waals surface area (Å²) in [4.78, 5) is 26.8. The van der Waals surface area contributed by atoms with Crippen molar-refractivity contribution in [2.24, 2.45) is 11.8 Å². The van der Waals surface area contributed by atoms with Gasteiger partial charge in [0, 0.05) is 5.56 Å². The highest BCUT2D eigenvalue weighted by molar-refractivity contribution is 6.07. The van der Waals surface area contributed by atoms with E-state index in [9.17, 15) is 9.59 Å². The first-order valence-corrected chi connectivity index (χ1v) is 7.93. The van der Waals surface area contributed by atoms with Gasteiger partial charge in [-0.2, -0.15) is 0 Å². The molecule has 1 aliphatic carbocycles. The van der Waals surface area contributed by atoms with E-state index in [0.717, 1.165) is 30.5 Å². The predicted molar refractivity (Wildman–Crippen MR) is 80.0 cm³/mol. The van der Waals surface area contributed by atoms with Crippen LogP contribution in [0.25, 0.3) is 0 Å². The monoisotopic (exact) mass is 305 g/mol.